The van der Waals surface area contributed by atoms with Gasteiger partial charge in [0.1, 0.15) is 0 Å². The molecule has 0 unspecified atom stereocenters. The minimum Gasteiger partial charge on any atom is -0.399 e. The SMILES string of the molecule is [2H]c1c([2H])c(S(=O)(=O)c2ccc(NC(C)=O)cc2)c([2H])c([2H])c1N. The highest BCUT2D eigenvalue weighted by molar-refractivity contribution is 7.91. The van der Waals surface area contributed by atoms with E-state index in [1.54, 1.807) is 0 Å². The van der Waals surface area contributed by atoms with Gasteiger partial charge in [0, 0.05) is 18.3 Å². The number of carbonyl (C=O) groups excluding carboxylic acids is 1. The van der Waals surface area contributed by atoms with Crippen molar-refractivity contribution in [1.82, 2.24) is 0 Å². The number of sulfone groups is 1. The Labute approximate surface area is 123 Å². The Bertz CT molecular complexity index is 899. The lowest BCUT2D eigenvalue weighted by atomic mass is 10.3. The van der Waals surface area contributed by atoms with E-state index in [0.717, 1.165) is 0 Å². The number of hydrogen-bond acceptors (Lipinski definition) is 4. The van der Waals surface area contributed by atoms with Crippen molar-refractivity contribution in [1.29, 1.82) is 0 Å². The summed E-state index contributed by atoms with van der Waals surface area (Å²) in [6, 6.07) is 2.49. The van der Waals surface area contributed by atoms with Crippen LogP contribution < -0.4 is 11.1 Å². The van der Waals surface area contributed by atoms with Gasteiger partial charge >= 0.3 is 0 Å². The average molecular weight is 294 g/mol. The van der Waals surface area contributed by atoms with Crippen LogP contribution in [0, 0.1) is 0 Å². The number of nitrogens with two attached hydrogens (primary N) is 1. The Morgan fingerprint density at radius 1 is 1.10 bits per heavy atom. The molecule has 20 heavy (non-hydrogen) atoms. The maximum atomic E-state index is 12.7. The molecule has 0 bridgehead atoms. The Hall–Kier alpha value is -2.34. The quantitative estimate of drug-likeness (QED) is 0.848. The monoisotopic (exact) mass is 294 g/mol. The van der Waals surface area contributed by atoms with Crippen molar-refractivity contribution in [3.05, 3.63) is 48.4 Å². The molecule has 104 valence electrons. The van der Waals surface area contributed by atoms with E-state index in [2.05, 4.69) is 5.32 Å². The predicted octanol–water partition coefficient (Wildman–Crippen LogP) is 2.06. The van der Waals surface area contributed by atoms with Crippen molar-refractivity contribution in [3.63, 3.8) is 0 Å². The van der Waals surface area contributed by atoms with Crippen LogP contribution in [-0.4, -0.2) is 14.3 Å². The molecule has 6 heteroatoms. The molecule has 0 aliphatic carbocycles. The highest BCUT2D eigenvalue weighted by Gasteiger charge is 2.17. The Morgan fingerprint density at radius 2 is 1.65 bits per heavy atom. The van der Waals surface area contributed by atoms with Gasteiger partial charge in [-0.1, -0.05) is 0 Å². The normalized spacial score (nSPS) is 13.8. The largest absolute Gasteiger partial charge is 0.399 e. The van der Waals surface area contributed by atoms with Gasteiger partial charge in [-0.2, -0.15) is 0 Å². The van der Waals surface area contributed by atoms with E-state index >= 15 is 0 Å². The lowest BCUT2D eigenvalue weighted by molar-refractivity contribution is -0.114. The summed E-state index contributed by atoms with van der Waals surface area (Å²) < 4.78 is 56.3. The minimum absolute atomic E-state index is 0.220. The van der Waals surface area contributed by atoms with Gasteiger partial charge in [-0.05, 0) is 48.4 Å². The number of hydrogen-bond donors (Lipinski definition) is 2. The van der Waals surface area contributed by atoms with Gasteiger partial charge in [-0.15, -0.1) is 0 Å². The molecule has 0 saturated carbocycles. The summed E-state index contributed by atoms with van der Waals surface area (Å²) >= 11 is 0. The van der Waals surface area contributed by atoms with Crippen molar-refractivity contribution in [3.8, 4) is 0 Å². The average Bonchev–Trinajstić information content (AvgIpc) is 2.51. The molecule has 5 nitrogen and oxygen atoms in total. The molecule has 0 radical (unpaired) electrons. The molecule has 0 atom stereocenters. The molecule has 3 N–H and O–H groups in total. The maximum absolute atomic E-state index is 12.7. The number of carbonyl (C=O) groups is 1. The smallest absolute Gasteiger partial charge is 0.221 e. The number of benzene rings is 2. The van der Waals surface area contributed by atoms with Crippen molar-refractivity contribution < 1.29 is 18.7 Å². The summed E-state index contributed by atoms with van der Waals surface area (Å²) in [6.45, 7) is 1.31. The Morgan fingerprint density at radius 3 is 2.15 bits per heavy atom. The van der Waals surface area contributed by atoms with E-state index in [1.165, 1.54) is 31.2 Å². The molecular weight excluding hydrogens is 276 g/mol. The van der Waals surface area contributed by atoms with Gasteiger partial charge in [0.15, 0.2) is 0 Å². The zero-order valence-electron chi connectivity index (χ0n) is 14.5. The van der Waals surface area contributed by atoms with Crippen LogP contribution in [0.1, 0.15) is 12.4 Å². The van der Waals surface area contributed by atoms with Gasteiger partial charge in [-0.3, -0.25) is 4.79 Å². The lowest BCUT2D eigenvalue weighted by Crippen LogP contribution is -2.06. The molecule has 0 fully saturated rings. The molecule has 0 aliphatic rings. The number of rotatable bonds is 3. The van der Waals surface area contributed by atoms with Gasteiger partial charge in [-0.25, -0.2) is 8.42 Å². The van der Waals surface area contributed by atoms with Crippen LogP contribution in [0.25, 0.3) is 0 Å². The summed E-state index contributed by atoms with van der Waals surface area (Å²) in [6.07, 6.45) is 0. The van der Waals surface area contributed by atoms with Crippen LogP contribution in [0.5, 0.6) is 0 Å². The fourth-order valence-electron chi connectivity index (χ4n) is 1.48. The first-order chi connectivity index (χ1) is 11.1. The molecule has 2 aromatic carbocycles. The standard InChI is InChI=1S/C14H14N2O3S/c1-10(17)16-12-4-8-14(9-5-12)20(18,19)13-6-2-11(15)3-7-13/h2-9H,15H2,1H3,(H,16,17)/i2D,3D,6D,7D. The fraction of sp³-hybridized carbons (Fsp3) is 0.0714. The third-order valence-electron chi connectivity index (χ3n) is 2.38. The van der Waals surface area contributed by atoms with Crippen molar-refractivity contribution in [2.45, 2.75) is 16.7 Å². The Kier molecular flexibility index (Phi) is 2.55. The highest BCUT2D eigenvalue weighted by Crippen LogP contribution is 2.23. The summed E-state index contributed by atoms with van der Waals surface area (Å²) in [4.78, 5) is 10.0. The van der Waals surface area contributed by atoms with Crippen molar-refractivity contribution in [2.75, 3.05) is 11.1 Å². The highest BCUT2D eigenvalue weighted by atomic mass is 32.2. The van der Waals surface area contributed by atoms with Crippen LogP contribution in [-0.2, 0) is 14.6 Å². The molecule has 2 aromatic rings. The van der Waals surface area contributed by atoms with E-state index < -0.39 is 44.6 Å². The second-order valence-electron chi connectivity index (χ2n) is 3.95. The molecule has 2 rings (SSSR count). The molecule has 0 saturated heterocycles. The predicted molar refractivity (Wildman–Crippen MR) is 77.1 cm³/mol. The van der Waals surface area contributed by atoms with Crippen LogP contribution >= 0.6 is 0 Å². The van der Waals surface area contributed by atoms with Crippen LogP contribution in [0.4, 0.5) is 11.4 Å². The van der Waals surface area contributed by atoms with E-state index in [-0.39, 0.29) is 10.8 Å². The minimum atomic E-state index is -4.29. The topological polar surface area (TPSA) is 89.3 Å². The molecular formula is C14H14N2O3S. The first-order valence-electron chi connectivity index (χ1n) is 7.56. The molecule has 0 aromatic heterocycles. The lowest BCUT2D eigenvalue weighted by Gasteiger charge is -2.06. The van der Waals surface area contributed by atoms with Crippen LogP contribution in [0.3, 0.4) is 0 Å². The second kappa shape index (κ2) is 5.34. The summed E-state index contributed by atoms with van der Waals surface area (Å²) in [7, 11) is -4.29. The second-order valence-corrected chi connectivity index (χ2v) is 5.84. The number of nitrogens with one attached hydrogen (secondary N) is 1. The summed E-state index contributed by atoms with van der Waals surface area (Å²) in [5.74, 6) is -0.316. The zero-order valence-corrected chi connectivity index (χ0v) is 11.3. The molecule has 1 amide bonds. The molecule has 0 heterocycles. The summed E-state index contributed by atoms with van der Waals surface area (Å²) in [5, 5.41) is 2.49. The zero-order chi connectivity index (χ0) is 18.2. The van der Waals surface area contributed by atoms with Crippen LogP contribution in [0.15, 0.2) is 58.2 Å². The number of nitrogen functional groups attached to an aromatic ring is 1. The first kappa shape index (κ1) is 9.55. The van der Waals surface area contributed by atoms with Gasteiger partial charge in [0.2, 0.25) is 15.7 Å². The molecule has 0 spiro atoms. The van der Waals surface area contributed by atoms with E-state index in [4.69, 9.17) is 11.2 Å². The third kappa shape index (κ3) is 2.97. The molecule has 0 aliphatic heterocycles. The third-order valence-corrected chi connectivity index (χ3v) is 4.01. The Balaban J connectivity index is 2.62. The van der Waals surface area contributed by atoms with Gasteiger partial charge in [0.25, 0.3) is 0 Å². The van der Waals surface area contributed by atoms with Gasteiger partial charge in [0.05, 0.1) is 15.3 Å². The van der Waals surface area contributed by atoms with E-state index in [9.17, 15) is 13.2 Å². The van der Waals surface area contributed by atoms with E-state index in [0.29, 0.717) is 5.69 Å². The fourth-order valence-corrected chi connectivity index (χ4v) is 2.58. The number of amides is 1. The number of anilines is 2. The van der Waals surface area contributed by atoms with Crippen molar-refractivity contribution >= 4 is 27.1 Å². The summed E-state index contributed by atoms with van der Waals surface area (Å²) in [5.41, 5.74) is 5.43. The van der Waals surface area contributed by atoms with Crippen LogP contribution in [0.2, 0.25) is 0 Å². The first-order valence-corrected chi connectivity index (χ1v) is 7.04. The van der Waals surface area contributed by atoms with Crippen molar-refractivity contribution in [2.24, 2.45) is 0 Å². The maximum Gasteiger partial charge on any atom is 0.221 e. The van der Waals surface area contributed by atoms with E-state index in [1.807, 2.05) is 0 Å². The van der Waals surface area contributed by atoms with Gasteiger partial charge < -0.3 is 11.1 Å².